The molecule has 3 heteroatoms. The molecule has 0 aliphatic rings. The number of hydrogen-bond acceptors (Lipinski definition) is 3. The average Bonchev–Trinajstić information content (AvgIpc) is 2.09. The predicted octanol–water partition coefficient (Wildman–Crippen LogP) is 2.39. The van der Waals surface area contributed by atoms with Gasteiger partial charge in [-0.05, 0) is 24.0 Å². The van der Waals surface area contributed by atoms with Crippen molar-refractivity contribution in [2.75, 3.05) is 18.6 Å². The normalized spacial score (nSPS) is 9.83. The number of nitrogen functional groups attached to an aromatic ring is 1. The summed E-state index contributed by atoms with van der Waals surface area (Å²) in [5.41, 5.74) is 6.35. The zero-order chi connectivity index (χ0) is 8.97. The van der Waals surface area contributed by atoms with Crippen molar-refractivity contribution in [2.45, 2.75) is 11.8 Å². The van der Waals surface area contributed by atoms with E-state index in [1.165, 1.54) is 4.90 Å². The van der Waals surface area contributed by atoms with Gasteiger partial charge in [-0.2, -0.15) is 0 Å². The zero-order valence-corrected chi connectivity index (χ0v) is 8.15. The fourth-order valence-corrected chi connectivity index (χ4v) is 1.64. The van der Waals surface area contributed by atoms with Crippen molar-refractivity contribution in [3.63, 3.8) is 0 Å². The number of anilines is 1. The molecule has 1 rings (SSSR count). The second-order valence-electron chi connectivity index (χ2n) is 2.34. The van der Waals surface area contributed by atoms with E-state index in [2.05, 4.69) is 6.92 Å². The van der Waals surface area contributed by atoms with Gasteiger partial charge in [-0.3, -0.25) is 0 Å². The number of thioether (sulfide) groups is 1. The molecule has 0 aliphatic heterocycles. The highest BCUT2D eigenvalue weighted by Gasteiger charge is 1.99. The summed E-state index contributed by atoms with van der Waals surface area (Å²) >= 11 is 1.78. The van der Waals surface area contributed by atoms with E-state index in [1.807, 2.05) is 18.2 Å². The van der Waals surface area contributed by atoms with Crippen LogP contribution < -0.4 is 10.5 Å². The van der Waals surface area contributed by atoms with Crippen LogP contribution in [0, 0.1) is 0 Å². The van der Waals surface area contributed by atoms with Gasteiger partial charge in [-0.1, -0.05) is 6.92 Å². The van der Waals surface area contributed by atoms with Crippen LogP contribution in [0.5, 0.6) is 5.75 Å². The minimum absolute atomic E-state index is 0.693. The number of nitrogens with two attached hydrogens (primary N) is 1. The van der Waals surface area contributed by atoms with Crippen LogP contribution in [0.4, 0.5) is 5.69 Å². The Balaban J connectivity index is 2.89. The second-order valence-corrected chi connectivity index (χ2v) is 3.67. The molecule has 0 saturated heterocycles. The van der Waals surface area contributed by atoms with Crippen LogP contribution in [0.25, 0.3) is 0 Å². The van der Waals surface area contributed by atoms with Gasteiger partial charge < -0.3 is 10.5 Å². The Morgan fingerprint density at radius 3 is 2.83 bits per heavy atom. The molecular weight excluding hydrogens is 170 g/mol. The summed E-state index contributed by atoms with van der Waals surface area (Å²) in [6, 6.07) is 5.84. The van der Waals surface area contributed by atoms with Crippen molar-refractivity contribution >= 4 is 17.4 Å². The van der Waals surface area contributed by atoms with Gasteiger partial charge in [0.1, 0.15) is 5.75 Å². The van der Waals surface area contributed by atoms with E-state index in [1.54, 1.807) is 18.9 Å². The molecule has 0 radical (unpaired) electrons. The monoisotopic (exact) mass is 183 g/mol. The van der Waals surface area contributed by atoms with E-state index < -0.39 is 0 Å². The molecule has 1 aromatic rings. The molecule has 12 heavy (non-hydrogen) atoms. The molecule has 0 heterocycles. The fraction of sp³-hybridized carbons (Fsp3) is 0.333. The first-order valence-corrected chi connectivity index (χ1v) is 4.82. The smallest absolute Gasteiger partial charge is 0.142 e. The maximum Gasteiger partial charge on any atom is 0.142 e. The highest BCUT2D eigenvalue weighted by Crippen LogP contribution is 2.27. The van der Waals surface area contributed by atoms with E-state index in [4.69, 9.17) is 10.5 Å². The van der Waals surface area contributed by atoms with Crippen LogP contribution in [0.1, 0.15) is 6.92 Å². The lowest BCUT2D eigenvalue weighted by atomic mass is 10.3. The van der Waals surface area contributed by atoms with Crippen molar-refractivity contribution < 1.29 is 4.74 Å². The first kappa shape index (κ1) is 9.26. The summed E-state index contributed by atoms with van der Waals surface area (Å²) < 4.78 is 5.09. The lowest BCUT2D eigenvalue weighted by Gasteiger charge is -2.05. The number of benzene rings is 1. The largest absolute Gasteiger partial charge is 0.495 e. The Hall–Kier alpha value is -0.830. The Kier molecular flexibility index (Phi) is 3.29. The quantitative estimate of drug-likeness (QED) is 0.577. The summed E-state index contributed by atoms with van der Waals surface area (Å²) in [4.78, 5) is 1.20. The zero-order valence-electron chi connectivity index (χ0n) is 7.33. The van der Waals surface area contributed by atoms with Crippen molar-refractivity contribution in [1.29, 1.82) is 0 Å². The van der Waals surface area contributed by atoms with E-state index in [-0.39, 0.29) is 0 Å². The van der Waals surface area contributed by atoms with Crippen molar-refractivity contribution in [2.24, 2.45) is 0 Å². The molecule has 0 unspecified atom stereocenters. The summed E-state index contributed by atoms with van der Waals surface area (Å²) in [6.07, 6.45) is 0. The van der Waals surface area contributed by atoms with Gasteiger partial charge in [0.05, 0.1) is 12.8 Å². The maximum absolute atomic E-state index is 5.66. The molecule has 0 fully saturated rings. The number of hydrogen-bond donors (Lipinski definition) is 1. The van der Waals surface area contributed by atoms with Gasteiger partial charge in [0, 0.05) is 4.90 Å². The molecule has 0 atom stereocenters. The summed E-state index contributed by atoms with van der Waals surface area (Å²) in [5, 5.41) is 0. The lowest BCUT2D eigenvalue weighted by Crippen LogP contribution is -1.91. The van der Waals surface area contributed by atoms with Crippen LogP contribution >= 0.6 is 11.8 Å². The van der Waals surface area contributed by atoms with Crippen LogP contribution in [-0.2, 0) is 0 Å². The molecule has 2 N–H and O–H groups in total. The molecular formula is C9H13NOS. The van der Waals surface area contributed by atoms with E-state index in [9.17, 15) is 0 Å². The fourth-order valence-electron chi connectivity index (χ4n) is 0.948. The topological polar surface area (TPSA) is 35.2 Å². The first-order valence-electron chi connectivity index (χ1n) is 3.84. The van der Waals surface area contributed by atoms with E-state index in [0.29, 0.717) is 5.69 Å². The second kappa shape index (κ2) is 4.26. The minimum atomic E-state index is 0.693. The Morgan fingerprint density at radius 1 is 1.50 bits per heavy atom. The number of rotatable bonds is 3. The van der Waals surface area contributed by atoms with E-state index >= 15 is 0 Å². The van der Waals surface area contributed by atoms with Gasteiger partial charge >= 0.3 is 0 Å². The van der Waals surface area contributed by atoms with E-state index in [0.717, 1.165) is 11.5 Å². The highest BCUT2D eigenvalue weighted by atomic mass is 32.2. The van der Waals surface area contributed by atoms with Crippen LogP contribution in [-0.4, -0.2) is 12.9 Å². The van der Waals surface area contributed by atoms with Crippen molar-refractivity contribution in [3.05, 3.63) is 18.2 Å². The number of methoxy groups -OCH3 is 1. The predicted molar refractivity (Wildman–Crippen MR) is 53.8 cm³/mol. The van der Waals surface area contributed by atoms with Gasteiger partial charge in [-0.15, -0.1) is 11.8 Å². The van der Waals surface area contributed by atoms with Gasteiger partial charge in [0.2, 0.25) is 0 Å². The number of ether oxygens (including phenoxy) is 1. The molecule has 1 aromatic carbocycles. The molecule has 0 spiro atoms. The van der Waals surface area contributed by atoms with Crippen LogP contribution in [0.15, 0.2) is 23.1 Å². The molecule has 66 valence electrons. The van der Waals surface area contributed by atoms with Crippen molar-refractivity contribution in [1.82, 2.24) is 0 Å². The Bertz CT molecular complexity index is 263. The minimum Gasteiger partial charge on any atom is -0.495 e. The standard InChI is InChI=1S/C9H13NOS/c1-3-12-7-4-5-8(10)9(6-7)11-2/h4-6H,3,10H2,1-2H3. The molecule has 0 aliphatic carbocycles. The van der Waals surface area contributed by atoms with Crippen molar-refractivity contribution in [3.8, 4) is 5.75 Å². The summed E-state index contributed by atoms with van der Waals surface area (Å²) in [5.74, 6) is 1.82. The Morgan fingerprint density at radius 2 is 2.25 bits per heavy atom. The van der Waals surface area contributed by atoms with Crippen LogP contribution in [0.2, 0.25) is 0 Å². The van der Waals surface area contributed by atoms with Crippen LogP contribution in [0.3, 0.4) is 0 Å². The molecule has 0 amide bonds. The SMILES string of the molecule is CCSc1ccc(N)c(OC)c1. The third-order valence-electron chi connectivity index (χ3n) is 1.52. The van der Waals surface area contributed by atoms with Gasteiger partial charge in [0.15, 0.2) is 0 Å². The Labute approximate surface area is 77.1 Å². The third-order valence-corrected chi connectivity index (χ3v) is 2.39. The van der Waals surface area contributed by atoms with Gasteiger partial charge in [0.25, 0.3) is 0 Å². The maximum atomic E-state index is 5.66. The molecule has 0 saturated carbocycles. The average molecular weight is 183 g/mol. The molecule has 0 aromatic heterocycles. The summed E-state index contributed by atoms with van der Waals surface area (Å²) in [7, 11) is 1.63. The molecule has 2 nitrogen and oxygen atoms in total. The lowest BCUT2D eigenvalue weighted by molar-refractivity contribution is 0.416. The third kappa shape index (κ3) is 2.08. The first-order chi connectivity index (χ1) is 5.77. The van der Waals surface area contributed by atoms with Gasteiger partial charge in [-0.25, -0.2) is 0 Å². The highest BCUT2D eigenvalue weighted by molar-refractivity contribution is 7.99. The summed E-state index contributed by atoms with van der Waals surface area (Å²) in [6.45, 7) is 2.12. The molecule has 0 bridgehead atoms.